The summed E-state index contributed by atoms with van der Waals surface area (Å²) < 4.78 is 28.8. The maximum Gasteiger partial charge on any atom is 0.319 e. The lowest BCUT2D eigenvalue weighted by Crippen LogP contribution is -2.63. The summed E-state index contributed by atoms with van der Waals surface area (Å²) in [5.41, 5.74) is 0.846. The number of carbonyl (C=O) groups is 2. The van der Waals surface area contributed by atoms with Gasteiger partial charge in [-0.15, -0.1) is 0 Å². The Kier molecular flexibility index (Phi) is 7.65. The molecular weight excluding hydrogens is 659 g/mol. The zero-order valence-corrected chi connectivity index (χ0v) is 29.0. The fourth-order valence-corrected chi connectivity index (χ4v) is 9.69. The molecule has 50 heavy (non-hydrogen) atoms. The Morgan fingerprint density at radius 3 is 2.50 bits per heavy atom. The van der Waals surface area contributed by atoms with Crippen molar-refractivity contribution < 1.29 is 23.5 Å². The van der Waals surface area contributed by atoms with Crippen molar-refractivity contribution in [3.63, 3.8) is 0 Å². The Labute approximate surface area is 294 Å². The summed E-state index contributed by atoms with van der Waals surface area (Å²) in [6.07, 6.45) is 6.95. The number of halogens is 2. The summed E-state index contributed by atoms with van der Waals surface area (Å²) in [5, 5.41) is 2.62. The zero-order chi connectivity index (χ0) is 34.3. The number of anilines is 1. The van der Waals surface area contributed by atoms with Gasteiger partial charge in [0.1, 0.15) is 29.6 Å². The van der Waals surface area contributed by atoms with Crippen LogP contribution < -0.4 is 9.64 Å². The molecular formula is C38H40ClFN6O4. The van der Waals surface area contributed by atoms with Gasteiger partial charge in [-0.1, -0.05) is 55.8 Å². The largest absolute Gasteiger partial charge is 0.461 e. The van der Waals surface area contributed by atoms with Crippen molar-refractivity contribution >= 4 is 51.0 Å². The first-order valence-electron chi connectivity index (χ1n) is 17.9. The predicted octanol–water partition coefficient (Wildman–Crippen LogP) is 6.02. The molecule has 9 rings (SSSR count). The lowest BCUT2D eigenvalue weighted by molar-refractivity contribution is -0.197. The van der Waals surface area contributed by atoms with Crippen LogP contribution in [0.15, 0.2) is 42.6 Å². The summed E-state index contributed by atoms with van der Waals surface area (Å²) in [6.45, 7) is 7.47. The predicted molar refractivity (Wildman–Crippen MR) is 188 cm³/mol. The molecule has 1 amide bonds. The van der Waals surface area contributed by atoms with Crippen molar-refractivity contribution in [1.29, 1.82) is 0 Å². The van der Waals surface area contributed by atoms with Gasteiger partial charge in [0.25, 0.3) is 5.91 Å². The number of benzene rings is 2. The smallest absolute Gasteiger partial charge is 0.319 e. The Bertz CT molecular complexity index is 2010. The number of aromatic nitrogens is 3. The first-order valence-corrected chi connectivity index (χ1v) is 18.3. The molecule has 5 aliphatic rings. The van der Waals surface area contributed by atoms with Crippen molar-refractivity contribution in [3.8, 4) is 17.3 Å². The lowest BCUT2D eigenvalue weighted by Gasteiger charge is -2.45. The summed E-state index contributed by atoms with van der Waals surface area (Å²) in [5.74, 6) is -0.831. The van der Waals surface area contributed by atoms with Crippen LogP contribution in [0, 0.1) is 17.7 Å². The minimum absolute atomic E-state index is 0.0206. The quantitative estimate of drug-likeness (QED) is 0.215. The van der Waals surface area contributed by atoms with Gasteiger partial charge in [-0.3, -0.25) is 19.5 Å². The maximum absolute atomic E-state index is 16.9. The number of hydrogen-bond acceptors (Lipinski definition) is 9. The van der Waals surface area contributed by atoms with Gasteiger partial charge in [-0.05, 0) is 69.0 Å². The molecule has 4 atom stereocenters. The van der Waals surface area contributed by atoms with E-state index in [0.717, 1.165) is 62.4 Å². The highest BCUT2D eigenvalue weighted by Crippen LogP contribution is 2.42. The van der Waals surface area contributed by atoms with Crippen molar-refractivity contribution in [2.45, 2.75) is 76.1 Å². The van der Waals surface area contributed by atoms with Gasteiger partial charge in [-0.25, -0.2) is 4.39 Å². The average molecular weight is 699 g/mol. The molecule has 2 bridgehead atoms. The van der Waals surface area contributed by atoms with Crippen molar-refractivity contribution in [3.05, 3.63) is 53.4 Å². The highest BCUT2D eigenvalue weighted by molar-refractivity contribution is 6.36. The van der Waals surface area contributed by atoms with Crippen LogP contribution in [0.3, 0.4) is 0 Å². The van der Waals surface area contributed by atoms with E-state index in [1.54, 1.807) is 12.3 Å². The van der Waals surface area contributed by atoms with E-state index in [-0.39, 0.29) is 52.6 Å². The van der Waals surface area contributed by atoms with Crippen molar-refractivity contribution in [1.82, 2.24) is 24.8 Å². The third-order valence-electron chi connectivity index (χ3n) is 11.9. The van der Waals surface area contributed by atoms with Crippen LogP contribution in [-0.2, 0) is 14.3 Å². The van der Waals surface area contributed by atoms with Gasteiger partial charge in [-0.2, -0.15) is 9.97 Å². The molecule has 5 saturated heterocycles. The summed E-state index contributed by atoms with van der Waals surface area (Å²) in [7, 11) is 0. The molecule has 2 aromatic carbocycles. The monoisotopic (exact) mass is 698 g/mol. The number of carbonyl (C=O) groups excluding carboxylic acids is 2. The first kappa shape index (κ1) is 31.9. The maximum atomic E-state index is 16.9. The van der Waals surface area contributed by atoms with Crippen LogP contribution in [0.2, 0.25) is 5.02 Å². The van der Waals surface area contributed by atoms with E-state index in [2.05, 4.69) is 14.8 Å². The number of rotatable bonds is 7. The van der Waals surface area contributed by atoms with Crippen molar-refractivity contribution in [2.75, 3.05) is 37.7 Å². The van der Waals surface area contributed by atoms with Gasteiger partial charge in [0, 0.05) is 47.3 Å². The fraction of sp³-hybridized carbons (Fsp3) is 0.500. The topological polar surface area (TPSA) is 101 Å². The molecule has 0 aliphatic carbocycles. The second-order valence-corrected chi connectivity index (χ2v) is 15.4. The van der Waals surface area contributed by atoms with E-state index < -0.39 is 17.8 Å². The second-order valence-electron chi connectivity index (χ2n) is 15.0. The third-order valence-corrected chi connectivity index (χ3v) is 12.2. The van der Waals surface area contributed by atoms with Crippen molar-refractivity contribution in [2.24, 2.45) is 11.8 Å². The Morgan fingerprint density at radius 1 is 1.08 bits per heavy atom. The summed E-state index contributed by atoms with van der Waals surface area (Å²) >= 11 is 6.65. The molecule has 260 valence electrons. The van der Waals surface area contributed by atoms with Gasteiger partial charge < -0.3 is 19.3 Å². The van der Waals surface area contributed by atoms with Gasteiger partial charge >= 0.3 is 12.0 Å². The number of pyridine rings is 1. The number of fused-ring (bicyclic) bond motifs is 5. The second kappa shape index (κ2) is 12.0. The van der Waals surface area contributed by atoms with Gasteiger partial charge in [0.15, 0.2) is 11.9 Å². The molecule has 2 aromatic heterocycles. The fourth-order valence-electron chi connectivity index (χ4n) is 9.40. The average Bonchev–Trinajstić information content (AvgIpc) is 3.76. The minimum Gasteiger partial charge on any atom is -0.461 e. The molecule has 0 spiro atoms. The number of amides is 1. The first-order chi connectivity index (χ1) is 24.2. The standard InChI is InChI=1S/C38H40ClFN6O4/c1-21(2)28-33(50-36(28)48)35(47)46-23-11-12-24(46)19-44(18-23)34-26-17-41-31(25-9-3-7-22-8-4-10-27(39)29(22)25)30(40)32(26)42-37(43-34)49-20-38-13-5-15-45(38)16-6-14-38/h3-4,7-10,17,21,23-24,28,33H,5-6,11-16,18-20H2,1-2H3. The van der Waals surface area contributed by atoms with Crippen LogP contribution >= 0.6 is 11.6 Å². The summed E-state index contributed by atoms with van der Waals surface area (Å²) in [6, 6.07) is 11.2. The highest BCUT2D eigenvalue weighted by Gasteiger charge is 2.54. The highest BCUT2D eigenvalue weighted by atomic mass is 35.5. The van der Waals surface area contributed by atoms with Gasteiger partial charge in [0.05, 0.1) is 10.9 Å². The van der Waals surface area contributed by atoms with E-state index in [1.165, 1.54) is 0 Å². The Balaban J connectivity index is 1.09. The number of cyclic esters (lactones) is 1. The van der Waals surface area contributed by atoms with E-state index in [1.807, 2.05) is 49.1 Å². The number of nitrogens with zero attached hydrogens (tertiary/aromatic N) is 6. The van der Waals surface area contributed by atoms with Crippen LogP contribution in [0.25, 0.3) is 32.9 Å². The molecule has 10 nitrogen and oxygen atoms in total. The molecule has 0 N–H and O–H groups in total. The number of hydrogen-bond donors (Lipinski definition) is 0. The number of esters is 1. The van der Waals surface area contributed by atoms with Crippen LogP contribution in [0.5, 0.6) is 6.01 Å². The Morgan fingerprint density at radius 2 is 1.80 bits per heavy atom. The van der Waals surface area contributed by atoms with E-state index in [9.17, 15) is 9.59 Å². The van der Waals surface area contributed by atoms with E-state index in [0.29, 0.717) is 41.5 Å². The summed E-state index contributed by atoms with van der Waals surface area (Å²) in [4.78, 5) is 46.9. The normalized spacial score (nSPS) is 25.7. The molecule has 0 saturated carbocycles. The van der Waals surface area contributed by atoms with Crippen LogP contribution in [0.4, 0.5) is 10.2 Å². The number of piperazine rings is 1. The van der Waals surface area contributed by atoms with E-state index >= 15 is 4.39 Å². The molecule has 4 aromatic rings. The minimum atomic E-state index is -0.735. The zero-order valence-electron chi connectivity index (χ0n) is 28.3. The lowest BCUT2D eigenvalue weighted by atomic mass is 9.85. The third kappa shape index (κ3) is 4.94. The number of ether oxygens (including phenoxy) is 2. The molecule has 4 unspecified atom stereocenters. The van der Waals surface area contributed by atoms with Crippen LogP contribution in [0.1, 0.15) is 52.4 Å². The van der Waals surface area contributed by atoms with Gasteiger partial charge in [0.2, 0.25) is 0 Å². The molecule has 7 heterocycles. The molecule has 5 aliphatic heterocycles. The Hall–Kier alpha value is -4.09. The van der Waals surface area contributed by atoms with Crippen LogP contribution in [-0.4, -0.2) is 93.1 Å². The van der Waals surface area contributed by atoms with E-state index in [4.69, 9.17) is 31.0 Å². The molecule has 0 radical (unpaired) electrons. The molecule has 5 fully saturated rings. The molecule has 12 heteroatoms. The SMILES string of the molecule is CC(C)C1C(=O)OC1C(=O)N1C2CCC1CN(c1nc(OCC34CCCN3CCC4)nc3c(F)c(-c4cccc5cccc(Cl)c45)ncc13)C2.